The molecule has 35 heavy (non-hydrogen) atoms. The van der Waals surface area contributed by atoms with E-state index in [4.69, 9.17) is 4.74 Å². The third kappa shape index (κ3) is 8.46. The van der Waals surface area contributed by atoms with Crippen molar-refractivity contribution in [1.29, 1.82) is 0 Å². The number of benzene rings is 2. The average molecular weight is 487 g/mol. The predicted octanol–water partition coefficient (Wildman–Crippen LogP) is 8.28. The summed E-state index contributed by atoms with van der Waals surface area (Å²) in [5.74, 6) is 0.503. The first kappa shape index (κ1) is 26.3. The van der Waals surface area contributed by atoms with Crippen LogP contribution in [-0.4, -0.2) is 16.6 Å². The van der Waals surface area contributed by atoms with Gasteiger partial charge in [0.2, 0.25) is 5.95 Å². The zero-order valence-corrected chi connectivity index (χ0v) is 20.3. The highest BCUT2D eigenvalue weighted by molar-refractivity contribution is 5.63. The highest BCUT2D eigenvalue weighted by Gasteiger charge is 2.35. The second-order valence-corrected chi connectivity index (χ2v) is 8.44. The molecule has 0 bridgehead atoms. The summed E-state index contributed by atoms with van der Waals surface area (Å²) in [5.41, 5.74) is 1.36. The van der Waals surface area contributed by atoms with Gasteiger partial charge in [0.05, 0.1) is 6.61 Å². The van der Waals surface area contributed by atoms with Gasteiger partial charge in [-0.15, -0.1) is 0 Å². The Morgan fingerprint density at radius 3 is 2.34 bits per heavy atom. The molecule has 0 radical (unpaired) electrons. The molecule has 0 aliphatic rings. The van der Waals surface area contributed by atoms with Gasteiger partial charge in [0, 0.05) is 17.6 Å². The number of hydrogen-bond acceptors (Lipinski definition) is 5. The second-order valence-electron chi connectivity index (χ2n) is 8.44. The molecule has 0 aliphatic heterocycles. The molecule has 0 atom stereocenters. The van der Waals surface area contributed by atoms with Crippen molar-refractivity contribution in [3.05, 3.63) is 65.9 Å². The van der Waals surface area contributed by atoms with Crippen molar-refractivity contribution in [1.82, 2.24) is 9.97 Å². The third-order valence-electron chi connectivity index (χ3n) is 5.48. The second kappa shape index (κ2) is 13.0. The summed E-state index contributed by atoms with van der Waals surface area (Å²) in [7, 11) is 0. The number of hydrogen-bond donors (Lipinski definition) is 2. The Kier molecular flexibility index (Phi) is 9.76. The number of nitrogens with zero attached hydrogens (tertiary/aromatic N) is 2. The number of alkyl halides is 3. The fourth-order valence-corrected chi connectivity index (χ4v) is 3.54. The number of aromatic nitrogens is 2. The van der Waals surface area contributed by atoms with Gasteiger partial charge < -0.3 is 15.4 Å². The van der Waals surface area contributed by atoms with E-state index in [1.54, 1.807) is 30.3 Å². The molecule has 1 aromatic heterocycles. The van der Waals surface area contributed by atoms with Gasteiger partial charge in [-0.2, -0.15) is 18.2 Å². The van der Waals surface area contributed by atoms with Crippen LogP contribution in [0.1, 0.15) is 63.5 Å². The predicted molar refractivity (Wildman–Crippen MR) is 135 cm³/mol. The van der Waals surface area contributed by atoms with Crippen LogP contribution in [0.2, 0.25) is 0 Å². The molecular formula is C27H33F3N4O. The Bertz CT molecular complexity index is 1060. The number of rotatable bonds is 13. The molecule has 2 aromatic carbocycles. The Morgan fingerprint density at radius 2 is 1.63 bits per heavy atom. The van der Waals surface area contributed by atoms with E-state index >= 15 is 0 Å². The van der Waals surface area contributed by atoms with Crippen molar-refractivity contribution in [2.75, 3.05) is 17.2 Å². The van der Waals surface area contributed by atoms with Crippen LogP contribution in [0.5, 0.6) is 5.75 Å². The molecule has 0 amide bonds. The van der Waals surface area contributed by atoms with Crippen molar-refractivity contribution in [3.8, 4) is 5.75 Å². The fraction of sp³-hybridized carbons (Fsp3) is 0.407. The number of unbranched alkanes of at least 4 members (excludes halogenated alkanes) is 4. The minimum Gasteiger partial charge on any atom is -0.494 e. The fourth-order valence-electron chi connectivity index (χ4n) is 3.54. The summed E-state index contributed by atoms with van der Waals surface area (Å²) in [5, 5.41) is 5.82. The highest BCUT2D eigenvalue weighted by Crippen LogP contribution is 2.35. The maximum atomic E-state index is 13.6. The lowest BCUT2D eigenvalue weighted by atomic mass is 10.1. The molecule has 8 heteroatoms. The van der Waals surface area contributed by atoms with Crippen molar-refractivity contribution in [2.24, 2.45) is 0 Å². The monoisotopic (exact) mass is 486 g/mol. The number of anilines is 4. The number of halogens is 3. The van der Waals surface area contributed by atoms with E-state index in [-0.39, 0.29) is 11.8 Å². The number of ether oxygens (including phenoxy) is 1. The first-order valence-corrected chi connectivity index (χ1v) is 12.2. The number of aryl methyl sites for hydroxylation is 1. The van der Waals surface area contributed by atoms with E-state index in [2.05, 4.69) is 34.4 Å². The standard InChI is InChI=1S/C27H33F3N4O/c1-3-5-7-8-10-20-11-9-12-22(18-20)32-25-24(27(28,29)30)19-31-26(34-25)33-21-13-15-23(16-14-21)35-17-6-4-2/h9,11-16,18-19H,3-8,10,17H2,1-2H3,(H2,31,32,33,34). The largest absolute Gasteiger partial charge is 0.494 e. The maximum Gasteiger partial charge on any atom is 0.421 e. The Balaban J connectivity index is 1.75. The van der Waals surface area contributed by atoms with Crippen molar-refractivity contribution < 1.29 is 17.9 Å². The molecular weight excluding hydrogens is 453 g/mol. The van der Waals surface area contributed by atoms with Crippen LogP contribution >= 0.6 is 0 Å². The average Bonchev–Trinajstić information content (AvgIpc) is 2.83. The van der Waals surface area contributed by atoms with Crippen molar-refractivity contribution in [3.63, 3.8) is 0 Å². The normalized spacial score (nSPS) is 11.3. The van der Waals surface area contributed by atoms with E-state index in [9.17, 15) is 13.2 Å². The highest BCUT2D eigenvalue weighted by atomic mass is 19.4. The van der Waals surface area contributed by atoms with E-state index in [1.807, 2.05) is 18.2 Å². The van der Waals surface area contributed by atoms with Crippen molar-refractivity contribution in [2.45, 2.75) is 65.0 Å². The maximum absolute atomic E-state index is 13.6. The summed E-state index contributed by atoms with van der Waals surface area (Å²) < 4.78 is 46.6. The number of nitrogens with one attached hydrogen (secondary N) is 2. The Labute approximate surface area is 205 Å². The molecule has 5 nitrogen and oxygen atoms in total. The van der Waals surface area contributed by atoms with Crippen LogP contribution in [0.25, 0.3) is 0 Å². The molecule has 2 N–H and O–H groups in total. The van der Waals surface area contributed by atoms with Gasteiger partial charge in [0.25, 0.3) is 0 Å². The van der Waals surface area contributed by atoms with Crippen LogP contribution in [0, 0.1) is 0 Å². The minimum absolute atomic E-state index is 0.0656. The summed E-state index contributed by atoms with van der Waals surface area (Å²) in [6.45, 7) is 4.89. The zero-order chi connectivity index (χ0) is 25.1. The van der Waals surface area contributed by atoms with Gasteiger partial charge in [-0.05, 0) is 61.2 Å². The first-order chi connectivity index (χ1) is 16.9. The summed E-state index contributed by atoms with van der Waals surface area (Å²) in [4.78, 5) is 8.03. The van der Waals surface area contributed by atoms with E-state index in [0.717, 1.165) is 56.0 Å². The molecule has 3 rings (SSSR count). The molecule has 0 aliphatic carbocycles. The molecule has 0 fully saturated rings. The molecule has 3 aromatic rings. The van der Waals surface area contributed by atoms with Crippen LogP contribution in [0.3, 0.4) is 0 Å². The van der Waals surface area contributed by atoms with Crippen LogP contribution < -0.4 is 15.4 Å². The molecule has 0 saturated carbocycles. The third-order valence-corrected chi connectivity index (χ3v) is 5.48. The van der Waals surface area contributed by atoms with Crippen LogP contribution in [-0.2, 0) is 12.6 Å². The molecule has 0 spiro atoms. The van der Waals surface area contributed by atoms with Crippen molar-refractivity contribution >= 4 is 23.1 Å². The summed E-state index contributed by atoms with van der Waals surface area (Å²) in [6.07, 6.45) is 3.64. The van der Waals surface area contributed by atoms with Gasteiger partial charge in [-0.3, -0.25) is 0 Å². The van der Waals surface area contributed by atoms with Gasteiger partial charge in [0.15, 0.2) is 0 Å². The molecule has 1 heterocycles. The SMILES string of the molecule is CCCCCCc1cccc(Nc2nc(Nc3ccc(OCCCC)cc3)ncc2C(F)(F)F)c1. The minimum atomic E-state index is -4.59. The Morgan fingerprint density at radius 1 is 0.857 bits per heavy atom. The van der Waals surface area contributed by atoms with Gasteiger partial charge in [0.1, 0.15) is 17.1 Å². The lowest BCUT2D eigenvalue weighted by molar-refractivity contribution is -0.137. The molecule has 0 saturated heterocycles. The van der Waals surface area contributed by atoms with Gasteiger partial charge in [-0.1, -0.05) is 51.7 Å². The van der Waals surface area contributed by atoms with E-state index in [0.29, 0.717) is 18.0 Å². The van der Waals surface area contributed by atoms with Crippen LogP contribution in [0.4, 0.5) is 36.3 Å². The van der Waals surface area contributed by atoms with Crippen LogP contribution in [0.15, 0.2) is 54.7 Å². The molecule has 0 unspecified atom stereocenters. The summed E-state index contributed by atoms with van der Waals surface area (Å²) >= 11 is 0. The lowest BCUT2D eigenvalue weighted by Gasteiger charge is -2.15. The van der Waals surface area contributed by atoms with E-state index in [1.165, 1.54) is 6.42 Å². The lowest BCUT2D eigenvalue weighted by Crippen LogP contribution is -2.12. The van der Waals surface area contributed by atoms with E-state index < -0.39 is 11.7 Å². The quantitative estimate of drug-likeness (QED) is 0.238. The Hall–Kier alpha value is -3.29. The topological polar surface area (TPSA) is 59.1 Å². The van der Waals surface area contributed by atoms with Gasteiger partial charge in [-0.25, -0.2) is 4.98 Å². The summed E-state index contributed by atoms with van der Waals surface area (Å²) in [6, 6.07) is 14.6. The zero-order valence-electron chi connectivity index (χ0n) is 20.3. The first-order valence-electron chi connectivity index (χ1n) is 12.2. The van der Waals surface area contributed by atoms with Gasteiger partial charge >= 0.3 is 6.18 Å². The smallest absolute Gasteiger partial charge is 0.421 e. The molecule has 188 valence electrons.